The van der Waals surface area contributed by atoms with Crippen LogP contribution < -0.4 is 10.6 Å². The first-order chi connectivity index (χ1) is 7.90. The van der Waals surface area contributed by atoms with Crippen molar-refractivity contribution >= 4 is 5.82 Å². The molecule has 0 aromatic carbocycles. The molecule has 16 heavy (non-hydrogen) atoms. The molecule has 0 saturated carbocycles. The van der Waals surface area contributed by atoms with Gasteiger partial charge in [-0.25, -0.2) is 4.98 Å². The number of pyridine rings is 1. The molecule has 3 nitrogen and oxygen atoms in total. The van der Waals surface area contributed by atoms with E-state index in [9.17, 15) is 0 Å². The lowest BCUT2D eigenvalue weighted by Gasteiger charge is -2.27. The molecule has 0 bridgehead atoms. The van der Waals surface area contributed by atoms with Crippen LogP contribution in [0.1, 0.15) is 31.4 Å². The summed E-state index contributed by atoms with van der Waals surface area (Å²) in [4.78, 5) is 7.10. The molecule has 0 aliphatic carbocycles. The number of hydrogen-bond acceptors (Lipinski definition) is 3. The van der Waals surface area contributed by atoms with Crippen LogP contribution in [0.4, 0.5) is 5.82 Å². The van der Waals surface area contributed by atoms with Crippen LogP contribution in [0.3, 0.4) is 0 Å². The summed E-state index contributed by atoms with van der Waals surface area (Å²) in [5.74, 6) is 1.15. The number of piperidine rings is 1. The molecule has 0 unspecified atom stereocenters. The summed E-state index contributed by atoms with van der Waals surface area (Å²) in [6, 6.07) is 6.34. The van der Waals surface area contributed by atoms with Crippen LogP contribution in [0.25, 0.3) is 0 Å². The Kier molecular flexibility index (Phi) is 4.17. The molecule has 0 atom stereocenters. The number of nitrogens with zero attached hydrogens (tertiary/aromatic N) is 2. The van der Waals surface area contributed by atoms with Gasteiger partial charge in [0.05, 0.1) is 0 Å². The topological polar surface area (TPSA) is 42.1 Å². The predicted octanol–water partition coefficient (Wildman–Crippen LogP) is 1.96. The molecule has 88 valence electrons. The maximum absolute atomic E-state index is 5.52. The highest BCUT2D eigenvalue weighted by atomic mass is 15.2. The molecule has 3 heteroatoms. The van der Waals surface area contributed by atoms with Gasteiger partial charge in [0.15, 0.2) is 0 Å². The maximum atomic E-state index is 5.52. The average molecular weight is 219 g/mol. The number of hydrogen-bond donors (Lipinski definition) is 1. The lowest BCUT2D eigenvalue weighted by atomic mass is 10.1. The molecule has 2 heterocycles. The van der Waals surface area contributed by atoms with E-state index in [1.54, 1.807) is 0 Å². The van der Waals surface area contributed by atoms with E-state index in [1.807, 2.05) is 0 Å². The third-order valence-corrected chi connectivity index (χ3v) is 3.11. The van der Waals surface area contributed by atoms with Crippen molar-refractivity contribution in [1.29, 1.82) is 0 Å². The number of rotatable bonds is 4. The summed E-state index contributed by atoms with van der Waals surface area (Å²) in [7, 11) is 0. The molecule has 2 rings (SSSR count). The Morgan fingerprint density at radius 3 is 2.75 bits per heavy atom. The Bertz CT molecular complexity index is 319. The predicted molar refractivity (Wildman–Crippen MR) is 67.7 cm³/mol. The van der Waals surface area contributed by atoms with Crippen molar-refractivity contribution < 1.29 is 0 Å². The van der Waals surface area contributed by atoms with Gasteiger partial charge in [0, 0.05) is 18.8 Å². The van der Waals surface area contributed by atoms with Crippen molar-refractivity contribution in [2.24, 2.45) is 5.73 Å². The Balaban J connectivity index is 2.02. The first-order valence-corrected chi connectivity index (χ1v) is 6.31. The van der Waals surface area contributed by atoms with Gasteiger partial charge in [0.1, 0.15) is 5.82 Å². The summed E-state index contributed by atoms with van der Waals surface area (Å²) >= 11 is 0. The Labute approximate surface area is 97.7 Å². The monoisotopic (exact) mass is 219 g/mol. The summed E-state index contributed by atoms with van der Waals surface area (Å²) in [5, 5.41) is 0. The second-order valence-electron chi connectivity index (χ2n) is 4.43. The number of nitrogens with two attached hydrogens (primary N) is 1. The van der Waals surface area contributed by atoms with Gasteiger partial charge in [-0.2, -0.15) is 0 Å². The van der Waals surface area contributed by atoms with Crippen LogP contribution in [0.15, 0.2) is 18.2 Å². The molecule has 0 spiro atoms. The minimum atomic E-state index is 0.746. The molecular formula is C13H21N3. The zero-order valence-electron chi connectivity index (χ0n) is 9.86. The van der Waals surface area contributed by atoms with Gasteiger partial charge in [-0.3, -0.25) is 0 Å². The van der Waals surface area contributed by atoms with E-state index in [0.717, 1.165) is 38.3 Å². The molecule has 1 aliphatic heterocycles. The molecule has 2 N–H and O–H groups in total. The zero-order chi connectivity index (χ0) is 11.2. The lowest BCUT2D eigenvalue weighted by molar-refractivity contribution is 0.572. The summed E-state index contributed by atoms with van der Waals surface area (Å²) in [6.07, 6.45) is 5.99. The fourth-order valence-corrected chi connectivity index (χ4v) is 2.19. The first-order valence-electron chi connectivity index (χ1n) is 6.31. The van der Waals surface area contributed by atoms with E-state index in [1.165, 1.54) is 25.0 Å². The van der Waals surface area contributed by atoms with E-state index >= 15 is 0 Å². The van der Waals surface area contributed by atoms with Gasteiger partial charge in [0.2, 0.25) is 0 Å². The SMILES string of the molecule is NCCCc1cccc(N2CCCCC2)n1. The van der Waals surface area contributed by atoms with E-state index in [-0.39, 0.29) is 0 Å². The van der Waals surface area contributed by atoms with Crippen LogP contribution >= 0.6 is 0 Å². The lowest BCUT2D eigenvalue weighted by Crippen LogP contribution is -2.30. The molecule has 0 radical (unpaired) electrons. The van der Waals surface area contributed by atoms with Gasteiger partial charge >= 0.3 is 0 Å². The molecule has 1 aliphatic rings. The summed E-state index contributed by atoms with van der Waals surface area (Å²) in [5.41, 5.74) is 6.69. The van der Waals surface area contributed by atoms with Crippen molar-refractivity contribution in [1.82, 2.24) is 4.98 Å². The average Bonchev–Trinajstić information content (AvgIpc) is 2.38. The van der Waals surface area contributed by atoms with Crippen LogP contribution in [-0.2, 0) is 6.42 Å². The minimum absolute atomic E-state index is 0.746. The van der Waals surface area contributed by atoms with Crippen LogP contribution in [0, 0.1) is 0 Å². The quantitative estimate of drug-likeness (QED) is 0.841. The number of aryl methyl sites for hydroxylation is 1. The Hall–Kier alpha value is -1.09. The zero-order valence-corrected chi connectivity index (χ0v) is 9.86. The van der Waals surface area contributed by atoms with Crippen LogP contribution in [0.2, 0.25) is 0 Å². The van der Waals surface area contributed by atoms with Gasteiger partial charge in [0.25, 0.3) is 0 Å². The molecule has 0 amide bonds. The van der Waals surface area contributed by atoms with Gasteiger partial charge in [-0.1, -0.05) is 6.07 Å². The summed E-state index contributed by atoms with van der Waals surface area (Å²) in [6.45, 7) is 3.07. The third kappa shape index (κ3) is 2.95. The number of aromatic nitrogens is 1. The Morgan fingerprint density at radius 1 is 1.19 bits per heavy atom. The molecular weight excluding hydrogens is 198 g/mol. The van der Waals surface area contributed by atoms with E-state index in [4.69, 9.17) is 10.7 Å². The van der Waals surface area contributed by atoms with Gasteiger partial charge < -0.3 is 10.6 Å². The van der Waals surface area contributed by atoms with Crippen molar-refractivity contribution in [3.8, 4) is 0 Å². The smallest absolute Gasteiger partial charge is 0.128 e. The van der Waals surface area contributed by atoms with E-state index in [2.05, 4.69) is 23.1 Å². The number of anilines is 1. The third-order valence-electron chi connectivity index (χ3n) is 3.11. The largest absolute Gasteiger partial charge is 0.357 e. The standard InChI is InChI=1S/C13H21N3/c14-9-5-7-12-6-4-8-13(15-12)16-10-2-1-3-11-16/h4,6,8H,1-3,5,7,9-11,14H2. The van der Waals surface area contributed by atoms with Crippen LogP contribution in [-0.4, -0.2) is 24.6 Å². The molecule has 1 aromatic heterocycles. The van der Waals surface area contributed by atoms with Crippen molar-refractivity contribution in [3.63, 3.8) is 0 Å². The highest BCUT2D eigenvalue weighted by molar-refractivity contribution is 5.39. The minimum Gasteiger partial charge on any atom is -0.357 e. The molecule has 1 aromatic rings. The molecule has 1 saturated heterocycles. The fourth-order valence-electron chi connectivity index (χ4n) is 2.19. The second-order valence-corrected chi connectivity index (χ2v) is 4.43. The normalized spacial score (nSPS) is 16.4. The fraction of sp³-hybridized carbons (Fsp3) is 0.615. The second kappa shape index (κ2) is 5.85. The van der Waals surface area contributed by atoms with Gasteiger partial charge in [-0.05, 0) is 50.8 Å². The first kappa shape index (κ1) is 11.4. The van der Waals surface area contributed by atoms with E-state index < -0.39 is 0 Å². The maximum Gasteiger partial charge on any atom is 0.128 e. The highest BCUT2D eigenvalue weighted by Crippen LogP contribution is 2.17. The van der Waals surface area contributed by atoms with Crippen molar-refractivity contribution in [2.75, 3.05) is 24.5 Å². The van der Waals surface area contributed by atoms with Crippen LogP contribution in [0.5, 0.6) is 0 Å². The van der Waals surface area contributed by atoms with E-state index in [0.29, 0.717) is 0 Å². The molecule has 1 fully saturated rings. The Morgan fingerprint density at radius 2 is 2.00 bits per heavy atom. The summed E-state index contributed by atoms with van der Waals surface area (Å²) < 4.78 is 0. The highest BCUT2D eigenvalue weighted by Gasteiger charge is 2.11. The van der Waals surface area contributed by atoms with Crippen molar-refractivity contribution in [3.05, 3.63) is 23.9 Å². The van der Waals surface area contributed by atoms with Gasteiger partial charge in [-0.15, -0.1) is 0 Å². The van der Waals surface area contributed by atoms with Crippen molar-refractivity contribution in [2.45, 2.75) is 32.1 Å².